The van der Waals surface area contributed by atoms with Gasteiger partial charge in [0.05, 0.1) is 11.7 Å². The van der Waals surface area contributed by atoms with Crippen molar-refractivity contribution >= 4 is 11.6 Å². The minimum Gasteiger partial charge on any atom is -0.481 e. The average molecular weight is 349 g/mol. The minimum absolute atomic E-state index is 0.230. The monoisotopic (exact) mass is 349 g/mol. The van der Waals surface area contributed by atoms with E-state index in [9.17, 15) is 4.79 Å². The van der Waals surface area contributed by atoms with E-state index in [4.69, 9.17) is 4.74 Å². The van der Waals surface area contributed by atoms with Crippen molar-refractivity contribution < 1.29 is 9.53 Å². The first-order valence-corrected chi connectivity index (χ1v) is 8.62. The van der Waals surface area contributed by atoms with Crippen molar-refractivity contribution in [2.24, 2.45) is 0 Å². The summed E-state index contributed by atoms with van der Waals surface area (Å²) in [4.78, 5) is 12.6. The lowest BCUT2D eigenvalue weighted by Crippen LogP contribution is -2.30. The largest absolute Gasteiger partial charge is 0.481 e. The summed E-state index contributed by atoms with van der Waals surface area (Å²) in [5, 5.41) is 15.0. The first kappa shape index (κ1) is 16.3. The number of carbonyl (C=O) groups excluding carboxylic acids is 1. The summed E-state index contributed by atoms with van der Waals surface area (Å²) in [6.45, 7) is 1.72. The van der Waals surface area contributed by atoms with E-state index in [1.54, 1.807) is 6.92 Å². The van der Waals surface area contributed by atoms with Crippen LogP contribution in [-0.2, 0) is 4.79 Å². The first-order chi connectivity index (χ1) is 12.7. The topological polar surface area (TPSA) is 81.9 Å². The van der Waals surface area contributed by atoms with Gasteiger partial charge in [-0.3, -0.25) is 4.79 Å². The molecule has 7 nitrogen and oxygen atoms in total. The maximum atomic E-state index is 12.6. The van der Waals surface area contributed by atoms with Gasteiger partial charge in [0.1, 0.15) is 5.75 Å². The Kier molecular flexibility index (Phi) is 4.35. The number of para-hydroxylation sites is 2. The number of amides is 1. The molecule has 1 atom stereocenters. The van der Waals surface area contributed by atoms with E-state index < -0.39 is 6.10 Å². The number of nitrogens with zero attached hydrogens (tertiary/aromatic N) is 4. The second kappa shape index (κ2) is 6.95. The van der Waals surface area contributed by atoms with E-state index in [0.717, 1.165) is 18.4 Å². The molecule has 1 heterocycles. The third-order valence-corrected chi connectivity index (χ3v) is 4.24. The van der Waals surface area contributed by atoms with Gasteiger partial charge in [-0.05, 0) is 54.5 Å². The molecule has 1 aromatic heterocycles. The zero-order valence-corrected chi connectivity index (χ0v) is 14.4. The maximum absolute atomic E-state index is 12.6. The van der Waals surface area contributed by atoms with Gasteiger partial charge >= 0.3 is 0 Å². The van der Waals surface area contributed by atoms with E-state index in [0.29, 0.717) is 23.3 Å². The van der Waals surface area contributed by atoms with Crippen LogP contribution in [0.15, 0.2) is 54.6 Å². The molecule has 0 aliphatic heterocycles. The number of anilines is 1. The van der Waals surface area contributed by atoms with Crippen LogP contribution in [0.2, 0.25) is 0 Å². The number of rotatable bonds is 6. The molecule has 3 aromatic rings. The highest BCUT2D eigenvalue weighted by molar-refractivity contribution is 5.97. The van der Waals surface area contributed by atoms with Crippen molar-refractivity contribution in [3.63, 3.8) is 0 Å². The fourth-order valence-corrected chi connectivity index (χ4v) is 2.71. The molecule has 0 spiro atoms. The van der Waals surface area contributed by atoms with Crippen LogP contribution in [0.1, 0.15) is 25.8 Å². The summed E-state index contributed by atoms with van der Waals surface area (Å²) in [5.41, 5.74) is 1.46. The van der Waals surface area contributed by atoms with Crippen LogP contribution >= 0.6 is 0 Å². The molecule has 1 aliphatic carbocycles. The van der Waals surface area contributed by atoms with Crippen molar-refractivity contribution in [1.82, 2.24) is 20.2 Å². The van der Waals surface area contributed by atoms with Gasteiger partial charge in [0.2, 0.25) is 0 Å². The molecule has 2 aromatic carbocycles. The second-order valence-electron chi connectivity index (χ2n) is 6.29. The summed E-state index contributed by atoms with van der Waals surface area (Å²) >= 11 is 0. The Labute approximate surface area is 151 Å². The van der Waals surface area contributed by atoms with E-state index >= 15 is 0 Å². The number of nitrogens with one attached hydrogen (secondary N) is 1. The van der Waals surface area contributed by atoms with Gasteiger partial charge < -0.3 is 10.1 Å². The molecule has 1 amide bonds. The van der Waals surface area contributed by atoms with Gasteiger partial charge in [0.25, 0.3) is 5.91 Å². The fraction of sp³-hybridized carbons (Fsp3) is 0.263. The molecular formula is C19H19N5O2. The Bertz CT molecular complexity index is 905. The number of ether oxygens (including phenoxy) is 1. The summed E-state index contributed by atoms with van der Waals surface area (Å²) in [6, 6.07) is 17.1. The lowest BCUT2D eigenvalue weighted by atomic mass is 10.1. The normalized spacial score (nSPS) is 14.7. The highest BCUT2D eigenvalue weighted by Crippen LogP contribution is 2.38. The van der Waals surface area contributed by atoms with Crippen molar-refractivity contribution in [2.45, 2.75) is 31.9 Å². The maximum Gasteiger partial charge on any atom is 0.265 e. The van der Waals surface area contributed by atoms with Crippen molar-refractivity contribution in [2.75, 3.05) is 5.32 Å². The Morgan fingerprint density at radius 2 is 1.88 bits per heavy atom. The van der Waals surface area contributed by atoms with Crippen molar-refractivity contribution in [3.8, 4) is 17.1 Å². The number of carbonyl (C=O) groups is 1. The smallest absolute Gasteiger partial charge is 0.265 e. The van der Waals surface area contributed by atoms with Gasteiger partial charge in [-0.1, -0.05) is 30.3 Å². The van der Waals surface area contributed by atoms with Crippen molar-refractivity contribution in [3.05, 3.63) is 54.6 Å². The molecule has 26 heavy (non-hydrogen) atoms. The molecule has 132 valence electrons. The molecule has 0 unspecified atom stereocenters. The Morgan fingerprint density at radius 1 is 1.15 bits per heavy atom. The lowest BCUT2D eigenvalue weighted by molar-refractivity contribution is -0.122. The molecule has 1 aliphatic rings. The van der Waals surface area contributed by atoms with Crippen LogP contribution in [0.3, 0.4) is 0 Å². The van der Waals surface area contributed by atoms with Gasteiger partial charge in [-0.25, -0.2) is 4.68 Å². The van der Waals surface area contributed by atoms with Crippen LogP contribution < -0.4 is 10.1 Å². The second-order valence-corrected chi connectivity index (χ2v) is 6.29. The van der Waals surface area contributed by atoms with E-state index in [-0.39, 0.29) is 5.91 Å². The SMILES string of the molecule is C[C@H](Oc1ccccc1)C(=O)Nc1ccccc1-c1nnnn1C1CC1. The molecule has 7 heteroatoms. The Hall–Kier alpha value is -3.22. The van der Waals surface area contributed by atoms with Crippen LogP contribution in [0.25, 0.3) is 11.4 Å². The highest BCUT2D eigenvalue weighted by atomic mass is 16.5. The predicted molar refractivity (Wildman–Crippen MR) is 96.7 cm³/mol. The molecule has 4 rings (SSSR count). The number of hydrogen-bond acceptors (Lipinski definition) is 5. The highest BCUT2D eigenvalue weighted by Gasteiger charge is 2.29. The lowest BCUT2D eigenvalue weighted by Gasteiger charge is -2.16. The number of benzene rings is 2. The number of hydrogen-bond donors (Lipinski definition) is 1. The molecule has 1 saturated carbocycles. The van der Waals surface area contributed by atoms with E-state index in [1.807, 2.05) is 59.3 Å². The Morgan fingerprint density at radius 3 is 2.65 bits per heavy atom. The summed E-state index contributed by atoms with van der Waals surface area (Å²) in [5.74, 6) is 1.09. The zero-order chi connectivity index (χ0) is 17.9. The van der Waals surface area contributed by atoms with Crippen LogP contribution in [0.4, 0.5) is 5.69 Å². The summed E-state index contributed by atoms with van der Waals surface area (Å²) in [7, 11) is 0. The molecule has 0 saturated heterocycles. The van der Waals surface area contributed by atoms with Gasteiger partial charge in [0.15, 0.2) is 11.9 Å². The minimum atomic E-state index is -0.634. The van der Waals surface area contributed by atoms with Crippen molar-refractivity contribution in [1.29, 1.82) is 0 Å². The molecular weight excluding hydrogens is 330 g/mol. The van der Waals surface area contributed by atoms with Gasteiger partial charge in [0, 0.05) is 5.56 Å². The van der Waals surface area contributed by atoms with Gasteiger partial charge in [-0.15, -0.1) is 5.10 Å². The third-order valence-electron chi connectivity index (χ3n) is 4.24. The summed E-state index contributed by atoms with van der Waals surface area (Å²) < 4.78 is 7.52. The van der Waals surface area contributed by atoms with Crippen LogP contribution in [-0.4, -0.2) is 32.2 Å². The standard InChI is InChI=1S/C19H19N5O2/c1-13(26-15-7-3-2-4-8-15)19(25)20-17-10-6-5-9-16(17)18-21-22-23-24(18)14-11-12-14/h2-10,13-14H,11-12H2,1H3,(H,20,25)/t13-/m0/s1. The average Bonchev–Trinajstić information content (AvgIpc) is 3.40. The number of tetrazole rings is 1. The van der Waals surface area contributed by atoms with E-state index in [2.05, 4.69) is 20.8 Å². The molecule has 1 fully saturated rings. The van der Waals surface area contributed by atoms with E-state index in [1.165, 1.54) is 0 Å². The molecule has 0 radical (unpaired) electrons. The Balaban J connectivity index is 1.53. The predicted octanol–water partition coefficient (Wildman–Crippen LogP) is 3.08. The van der Waals surface area contributed by atoms with Crippen LogP contribution in [0, 0.1) is 0 Å². The third kappa shape index (κ3) is 3.42. The zero-order valence-electron chi connectivity index (χ0n) is 14.4. The molecule has 0 bridgehead atoms. The van der Waals surface area contributed by atoms with Crippen LogP contribution in [0.5, 0.6) is 5.75 Å². The fourth-order valence-electron chi connectivity index (χ4n) is 2.71. The number of aromatic nitrogens is 4. The quantitative estimate of drug-likeness (QED) is 0.739. The molecule has 1 N–H and O–H groups in total. The summed E-state index contributed by atoms with van der Waals surface area (Å²) in [6.07, 6.45) is 1.52. The first-order valence-electron chi connectivity index (χ1n) is 8.62. The van der Waals surface area contributed by atoms with Gasteiger partial charge in [-0.2, -0.15) is 0 Å².